The first kappa shape index (κ1) is 10.4. The number of rotatable bonds is 1. The fourth-order valence-electron chi connectivity index (χ4n) is 1.82. The van der Waals surface area contributed by atoms with Crippen LogP contribution in [-0.4, -0.2) is 25.0 Å². The van der Waals surface area contributed by atoms with Crippen LogP contribution in [0.2, 0.25) is 0 Å². The predicted molar refractivity (Wildman–Crippen MR) is 53.4 cm³/mol. The molecule has 1 atom stereocenters. The highest BCUT2D eigenvalue weighted by molar-refractivity contribution is 6.00. The average Bonchev–Trinajstić information content (AvgIpc) is 2.51. The molecule has 0 spiro atoms. The van der Waals surface area contributed by atoms with Crippen molar-refractivity contribution >= 4 is 5.91 Å². The quantitative estimate of drug-likeness (QED) is 0.720. The Labute approximate surface area is 91.8 Å². The second kappa shape index (κ2) is 3.49. The van der Waals surface area contributed by atoms with Gasteiger partial charge in [-0.05, 0) is 6.07 Å². The van der Waals surface area contributed by atoms with Gasteiger partial charge in [0.15, 0.2) is 0 Å². The van der Waals surface area contributed by atoms with Gasteiger partial charge >= 0.3 is 0 Å². The number of hydrogen-bond donors (Lipinski definition) is 0. The van der Waals surface area contributed by atoms with E-state index >= 15 is 0 Å². The number of halogens is 1. The normalized spacial score (nSPS) is 18.2. The second-order valence-corrected chi connectivity index (χ2v) is 3.52. The van der Waals surface area contributed by atoms with E-state index in [0.29, 0.717) is 11.3 Å². The van der Waals surface area contributed by atoms with Gasteiger partial charge in [-0.25, -0.2) is 4.39 Å². The molecule has 1 aromatic carbocycles. The van der Waals surface area contributed by atoms with Gasteiger partial charge in [-0.3, -0.25) is 4.79 Å². The maximum Gasteiger partial charge on any atom is 0.258 e. The summed E-state index contributed by atoms with van der Waals surface area (Å²) in [6, 6.07) is 3.88. The number of nitrogens with zero attached hydrogens (tertiary/aromatic N) is 2. The Kier molecular flexibility index (Phi) is 2.27. The summed E-state index contributed by atoms with van der Waals surface area (Å²) in [5, 5.41) is 8.95. The van der Waals surface area contributed by atoms with Crippen LogP contribution in [0, 0.1) is 17.1 Å². The Hall–Kier alpha value is -2.09. The van der Waals surface area contributed by atoms with Gasteiger partial charge in [-0.1, -0.05) is 0 Å². The van der Waals surface area contributed by atoms with Crippen LogP contribution in [0.3, 0.4) is 0 Å². The van der Waals surface area contributed by atoms with Gasteiger partial charge in [-0.2, -0.15) is 5.26 Å². The van der Waals surface area contributed by atoms with Crippen LogP contribution in [0.15, 0.2) is 12.1 Å². The molecule has 0 aromatic heterocycles. The van der Waals surface area contributed by atoms with E-state index < -0.39 is 17.8 Å². The Morgan fingerprint density at radius 2 is 2.25 bits per heavy atom. The van der Waals surface area contributed by atoms with Gasteiger partial charge in [0.2, 0.25) is 0 Å². The lowest BCUT2D eigenvalue weighted by Gasteiger charge is -2.12. The maximum atomic E-state index is 13.6. The van der Waals surface area contributed by atoms with E-state index in [1.54, 1.807) is 0 Å². The molecular weight excluding hydrogens is 211 g/mol. The minimum atomic E-state index is -0.743. The van der Waals surface area contributed by atoms with Crippen molar-refractivity contribution in [3.05, 3.63) is 29.1 Å². The van der Waals surface area contributed by atoms with Crippen LogP contribution in [0.5, 0.6) is 5.75 Å². The van der Waals surface area contributed by atoms with E-state index in [1.165, 1.54) is 25.1 Å². The molecule has 4 nitrogen and oxygen atoms in total. The number of ether oxygens (including phenoxy) is 1. The van der Waals surface area contributed by atoms with Gasteiger partial charge in [0, 0.05) is 18.7 Å². The highest BCUT2D eigenvalue weighted by Gasteiger charge is 2.37. The molecule has 1 unspecified atom stereocenters. The van der Waals surface area contributed by atoms with Crippen LogP contribution < -0.4 is 4.74 Å². The summed E-state index contributed by atoms with van der Waals surface area (Å²) >= 11 is 0. The molecule has 1 aliphatic heterocycles. The zero-order chi connectivity index (χ0) is 11.9. The van der Waals surface area contributed by atoms with Gasteiger partial charge < -0.3 is 9.64 Å². The molecule has 0 N–H and O–H groups in total. The predicted octanol–water partition coefficient (Wildman–Crippen LogP) is 1.48. The first-order valence-electron chi connectivity index (χ1n) is 4.64. The fraction of sp³-hybridized carbons (Fsp3) is 0.273. The third kappa shape index (κ3) is 1.23. The molecule has 0 bridgehead atoms. The Balaban J connectivity index is 2.67. The molecule has 0 saturated carbocycles. The van der Waals surface area contributed by atoms with E-state index in [2.05, 4.69) is 0 Å². The number of carbonyl (C=O) groups excluding carboxylic acids is 1. The summed E-state index contributed by atoms with van der Waals surface area (Å²) in [4.78, 5) is 12.9. The van der Waals surface area contributed by atoms with Crippen molar-refractivity contribution in [2.24, 2.45) is 0 Å². The van der Waals surface area contributed by atoms with Gasteiger partial charge in [0.05, 0.1) is 18.7 Å². The molecule has 82 valence electrons. The molecular formula is C11H9FN2O2. The molecule has 2 rings (SSSR count). The Bertz CT molecular complexity index is 507. The SMILES string of the molecule is COc1cc(F)c2c(c1)C(C#N)N(C)C2=O. The molecule has 0 radical (unpaired) electrons. The number of methoxy groups -OCH3 is 1. The summed E-state index contributed by atoms with van der Waals surface area (Å²) in [7, 11) is 2.88. The van der Waals surface area contributed by atoms with E-state index in [-0.39, 0.29) is 5.56 Å². The first-order chi connectivity index (χ1) is 7.60. The highest BCUT2D eigenvalue weighted by atomic mass is 19.1. The lowest BCUT2D eigenvalue weighted by atomic mass is 10.0. The number of hydrogen-bond acceptors (Lipinski definition) is 3. The average molecular weight is 220 g/mol. The number of amides is 1. The molecule has 0 saturated heterocycles. The van der Waals surface area contributed by atoms with Gasteiger partial charge in [0.25, 0.3) is 5.91 Å². The zero-order valence-corrected chi connectivity index (χ0v) is 8.82. The van der Waals surface area contributed by atoms with Gasteiger partial charge in [-0.15, -0.1) is 0 Å². The standard InChI is InChI=1S/C11H9FN2O2/c1-14-9(5-13)7-3-6(16-2)4-8(12)10(7)11(14)15/h3-4,9H,1-2H3. The van der Waals surface area contributed by atoms with E-state index in [0.717, 1.165) is 6.07 Å². The topological polar surface area (TPSA) is 53.3 Å². The Morgan fingerprint density at radius 3 is 2.81 bits per heavy atom. The maximum absolute atomic E-state index is 13.6. The van der Waals surface area contributed by atoms with E-state index in [4.69, 9.17) is 10.00 Å². The molecule has 0 fully saturated rings. The van der Waals surface area contributed by atoms with Crippen molar-refractivity contribution in [1.29, 1.82) is 5.26 Å². The van der Waals surface area contributed by atoms with Crippen molar-refractivity contribution in [3.63, 3.8) is 0 Å². The van der Waals surface area contributed by atoms with Crippen LogP contribution in [0.4, 0.5) is 4.39 Å². The highest BCUT2D eigenvalue weighted by Crippen LogP contribution is 2.36. The molecule has 0 aliphatic carbocycles. The lowest BCUT2D eigenvalue weighted by molar-refractivity contribution is 0.0796. The third-order valence-electron chi connectivity index (χ3n) is 2.67. The van der Waals surface area contributed by atoms with Crippen molar-refractivity contribution < 1.29 is 13.9 Å². The van der Waals surface area contributed by atoms with E-state index in [1.807, 2.05) is 6.07 Å². The second-order valence-electron chi connectivity index (χ2n) is 3.52. The molecule has 1 aromatic rings. The van der Waals surface area contributed by atoms with Gasteiger partial charge in [0.1, 0.15) is 17.6 Å². The molecule has 1 heterocycles. The van der Waals surface area contributed by atoms with Crippen molar-refractivity contribution in [2.45, 2.75) is 6.04 Å². The van der Waals surface area contributed by atoms with Crippen molar-refractivity contribution in [2.75, 3.05) is 14.2 Å². The summed E-state index contributed by atoms with van der Waals surface area (Å²) in [6.45, 7) is 0. The summed E-state index contributed by atoms with van der Waals surface area (Å²) < 4.78 is 18.5. The molecule has 1 aliphatic rings. The summed E-state index contributed by atoms with van der Waals surface area (Å²) in [5.41, 5.74) is 0.335. The summed E-state index contributed by atoms with van der Waals surface area (Å²) in [5.74, 6) is -0.815. The first-order valence-corrected chi connectivity index (χ1v) is 4.64. The van der Waals surface area contributed by atoms with Crippen molar-refractivity contribution in [3.8, 4) is 11.8 Å². The largest absolute Gasteiger partial charge is 0.497 e. The lowest BCUT2D eigenvalue weighted by Crippen LogP contribution is -2.22. The Morgan fingerprint density at radius 1 is 1.56 bits per heavy atom. The fourth-order valence-corrected chi connectivity index (χ4v) is 1.82. The minimum absolute atomic E-state index is 0.0325. The number of carbonyl (C=O) groups is 1. The molecule has 16 heavy (non-hydrogen) atoms. The summed E-state index contributed by atoms with van der Waals surface area (Å²) in [6.07, 6.45) is 0. The van der Waals surface area contributed by atoms with Crippen LogP contribution in [0.1, 0.15) is 22.0 Å². The molecule has 1 amide bonds. The van der Waals surface area contributed by atoms with Crippen LogP contribution >= 0.6 is 0 Å². The smallest absolute Gasteiger partial charge is 0.258 e. The van der Waals surface area contributed by atoms with Crippen LogP contribution in [0.25, 0.3) is 0 Å². The van der Waals surface area contributed by atoms with Crippen molar-refractivity contribution in [1.82, 2.24) is 4.90 Å². The molecule has 5 heteroatoms. The number of benzene rings is 1. The third-order valence-corrected chi connectivity index (χ3v) is 2.67. The monoisotopic (exact) mass is 220 g/mol. The minimum Gasteiger partial charge on any atom is -0.497 e. The van der Waals surface area contributed by atoms with E-state index in [9.17, 15) is 9.18 Å². The number of fused-ring (bicyclic) bond motifs is 1. The number of nitriles is 1. The van der Waals surface area contributed by atoms with Crippen LogP contribution in [-0.2, 0) is 0 Å². The zero-order valence-electron chi connectivity index (χ0n) is 8.82.